The molecule has 2 unspecified atom stereocenters. The van der Waals surface area contributed by atoms with E-state index in [4.69, 9.17) is 4.74 Å². The van der Waals surface area contributed by atoms with Crippen molar-refractivity contribution < 1.29 is 24.2 Å². The number of aliphatic hydroxyl groups excluding tert-OH is 1. The van der Waals surface area contributed by atoms with Crippen molar-refractivity contribution in [3.8, 4) is 0 Å². The van der Waals surface area contributed by atoms with Crippen LogP contribution in [-0.4, -0.2) is 53.1 Å². The maximum Gasteiger partial charge on any atom is 0.407 e. The summed E-state index contributed by atoms with van der Waals surface area (Å²) >= 11 is 0. The molecule has 0 aliphatic heterocycles. The van der Waals surface area contributed by atoms with E-state index in [0.717, 1.165) is 16.7 Å². The first-order valence-electron chi connectivity index (χ1n) is 13.5. The quantitative estimate of drug-likeness (QED) is 0.275. The van der Waals surface area contributed by atoms with Crippen LogP contribution in [0.15, 0.2) is 91.0 Å². The molecule has 0 fully saturated rings. The summed E-state index contributed by atoms with van der Waals surface area (Å²) in [6.45, 7) is 4.11. The van der Waals surface area contributed by atoms with Crippen molar-refractivity contribution in [2.24, 2.45) is 5.92 Å². The van der Waals surface area contributed by atoms with Crippen molar-refractivity contribution in [3.05, 3.63) is 108 Å². The Balaban J connectivity index is 1.76. The minimum atomic E-state index is -1.14. The average molecular weight is 545 g/mol. The number of nitrogens with one attached hydrogen (secondary N) is 2. The average Bonchev–Trinajstić information content (AvgIpc) is 2.96. The van der Waals surface area contributed by atoms with Crippen LogP contribution in [0.4, 0.5) is 9.59 Å². The van der Waals surface area contributed by atoms with Gasteiger partial charge in [-0.25, -0.2) is 9.59 Å². The van der Waals surface area contributed by atoms with E-state index in [1.54, 1.807) is 0 Å². The number of urea groups is 1. The molecule has 0 aromatic heterocycles. The van der Waals surface area contributed by atoms with Crippen LogP contribution in [0.3, 0.4) is 0 Å². The first-order chi connectivity index (χ1) is 19.3. The SMILES string of the molecule is CC(C)C[C@@H]([C]=O)NC(=O)N(Cc1ccccc1)CC(O)C(Cc1ccccc1)NC(=O)OCc1ccccc1. The van der Waals surface area contributed by atoms with E-state index in [0.29, 0.717) is 12.8 Å². The molecule has 0 aliphatic rings. The fourth-order valence-corrected chi connectivity index (χ4v) is 4.29. The lowest BCUT2D eigenvalue weighted by Gasteiger charge is -2.31. The Morgan fingerprint density at radius 1 is 0.850 bits per heavy atom. The van der Waals surface area contributed by atoms with Crippen LogP contribution in [0.2, 0.25) is 0 Å². The highest BCUT2D eigenvalue weighted by Gasteiger charge is 2.28. The van der Waals surface area contributed by atoms with Gasteiger partial charge in [-0.3, -0.25) is 4.79 Å². The van der Waals surface area contributed by atoms with E-state index >= 15 is 0 Å². The Hall–Kier alpha value is -4.17. The highest BCUT2D eigenvalue weighted by atomic mass is 16.5. The fraction of sp³-hybridized carbons (Fsp3) is 0.344. The zero-order valence-corrected chi connectivity index (χ0v) is 23.0. The maximum atomic E-state index is 13.3. The standard InChI is InChI=1S/C32H38N3O5/c1-24(2)18-28(22-36)33-31(38)35(20-26-14-8-4-9-15-26)21-30(37)29(19-25-12-6-3-7-13-25)34-32(39)40-23-27-16-10-5-11-17-27/h3-17,24,28-30,37H,18-21,23H2,1-2H3,(H,33,38)(H,34,39)/t28-,29?,30?/m0/s1. The normalized spacial score (nSPS) is 13.1. The molecule has 0 saturated carbocycles. The molecule has 40 heavy (non-hydrogen) atoms. The summed E-state index contributed by atoms with van der Waals surface area (Å²) < 4.78 is 5.40. The number of hydrogen-bond donors (Lipinski definition) is 3. The van der Waals surface area contributed by atoms with Gasteiger partial charge in [0.05, 0.1) is 24.7 Å². The second-order valence-electron chi connectivity index (χ2n) is 10.2. The smallest absolute Gasteiger partial charge is 0.407 e. The van der Waals surface area contributed by atoms with Gasteiger partial charge in [-0.2, -0.15) is 0 Å². The van der Waals surface area contributed by atoms with Crippen molar-refractivity contribution in [2.75, 3.05) is 6.54 Å². The van der Waals surface area contributed by atoms with Crippen molar-refractivity contribution in [3.63, 3.8) is 0 Å². The minimum Gasteiger partial charge on any atom is -0.445 e. The Bertz CT molecular complexity index is 1170. The largest absolute Gasteiger partial charge is 0.445 e. The molecule has 3 aromatic carbocycles. The second kappa shape index (κ2) is 16.1. The predicted octanol–water partition coefficient (Wildman–Crippen LogP) is 4.62. The monoisotopic (exact) mass is 544 g/mol. The summed E-state index contributed by atoms with van der Waals surface area (Å²) in [7, 11) is 0. The van der Waals surface area contributed by atoms with Crippen molar-refractivity contribution in [1.29, 1.82) is 0 Å². The van der Waals surface area contributed by atoms with Crippen LogP contribution in [0.5, 0.6) is 0 Å². The zero-order valence-electron chi connectivity index (χ0n) is 23.0. The third-order valence-corrected chi connectivity index (χ3v) is 6.34. The van der Waals surface area contributed by atoms with Gasteiger partial charge >= 0.3 is 12.1 Å². The number of ether oxygens (including phenoxy) is 1. The molecule has 0 aliphatic carbocycles. The lowest BCUT2D eigenvalue weighted by Crippen LogP contribution is -2.53. The Kier molecular flexibility index (Phi) is 12.2. The van der Waals surface area contributed by atoms with Crippen LogP contribution in [0.25, 0.3) is 0 Å². The van der Waals surface area contributed by atoms with Gasteiger partial charge in [0.25, 0.3) is 0 Å². The number of hydrogen-bond acceptors (Lipinski definition) is 5. The van der Waals surface area contributed by atoms with E-state index in [2.05, 4.69) is 10.6 Å². The molecule has 8 heteroatoms. The van der Waals surface area contributed by atoms with E-state index in [-0.39, 0.29) is 25.6 Å². The summed E-state index contributed by atoms with van der Waals surface area (Å²) in [4.78, 5) is 39.0. The number of benzene rings is 3. The number of alkyl carbamates (subject to hydrolysis) is 1. The molecule has 1 radical (unpaired) electrons. The number of carbonyl (C=O) groups excluding carboxylic acids is 3. The first kappa shape index (κ1) is 30.4. The third-order valence-electron chi connectivity index (χ3n) is 6.34. The van der Waals surface area contributed by atoms with Gasteiger partial charge in [0, 0.05) is 6.54 Å². The summed E-state index contributed by atoms with van der Waals surface area (Å²) in [6, 6.07) is 26.1. The topological polar surface area (TPSA) is 108 Å². The van der Waals surface area contributed by atoms with Gasteiger partial charge in [0.15, 0.2) is 0 Å². The highest BCUT2D eigenvalue weighted by molar-refractivity contribution is 5.78. The van der Waals surface area contributed by atoms with Crippen LogP contribution < -0.4 is 10.6 Å². The lowest BCUT2D eigenvalue weighted by molar-refractivity contribution is 0.0767. The van der Waals surface area contributed by atoms with Gasteiger partial charge < -0.3 is 25.4 Å². The van der Waals surface area contributed by atoms with Gasteiger partial charge in [-0.05, 0) is 35.4 Å². The van der Waals surface area contributed by atoms with Crippen LogP contribution in [-0.2, 0) is 29.1 Å². The second-order valence-corrected chi connectivity index (χ2v) is 10.2. The first-order valence-corrected chi connectivity index (χ1v) is 13.5. The molecule has 211 valence electrons. The Labute approximate surface area is 236 Å². The summed E-state index contributed by atoms with van der Waals surface area (Å²) in [5.41, 5.74) is 2.60. The number of nitrogens with zero attached hydrogens (tertiary/aromatic N) is 1. The molecule has 3 N–H and O–H groups in total. The highest BCUT2D eigenvalue weighted by Crippen LogP contribution is 2.13. The zero-order chi connectivity index (χ0) is 28.7. The van der Waals surface area contributed by atoms with E-state index in [9.17, 15) is 19.5 Å². The molecule has 8 nitrogen and oxygen atoms in total. The Morgan fingerprint density at radius 2 is 1.40 bits per heavy atom. The molecule has 0 heterocycles. The summed E-state index contributed by atoms with van der Waals surface area (Å²) in [6.07, 6.45) is 0.861. The van der Waals surface area contributed by atoms with Crippen LogP contribution in [0.1, 0.15) is 37.0 Å². The molecular weight excluding hydrogens is 506 g/mol. The molecule has 3 atom stereocenters. The third kappa shape index (κ3) is 10.5. The number of amides is 3. The molecule has 3 rings (SSSR count). The van der Waals surface area contributed by atoms with Gasteiger partial charge in [0.1, 0.15) is 6.61 Å². The maximum absolute atomic E-state index is 13.3. The Morgan fingerprint density at radius 3 is 1.95 bits per heavy atom. The van der Waals surface area contributed by atoms with Gasteiger partial charge in [-0.15, -0.1) is 0 Å². The van der Waals surface area contributed by atoms with Crippen molar-refractivity contribution >= 4 is 18.4 Å². The number of rotatable bonds is 14. The molecule has 0 spiro atoms. The molecule has 0 saturated heterocycles. The van der Waals surface area contributed by atoms with E-state index in [1.807, 2.05) is 111 Å². The van der Waals surface area contributed by atoms with Crippen molar-refractivity contribution in [1.82, 2.24) is 15.5 Å². The molecule has 0 bridgehead atoms. The van der Waals surface area contributed by atoms with Crippen LogP contribution >= 0.6 is 0 Å². The summed E-state index contributed by atoms with van der Waals surface area (Å²) in [5, 5.41) is 16.9. The van der Waals surface area contributed by atoms with E-state index < -0.39 is 30.3 Å². The van der Waals surface area contributed by atoms with Gasteiger partial charge in [0.2, 0.25) is 6.29 Å². The minimum absolute atomic E-state index is 0.0861. The molecule has 3 amide bonds. The summed E-state index contributed by atoms with van der Waals surface area (Å²) in [5.74, 6) is 0.182. The van der Waals surface area contributed by atoms with Gasteiger partial charge in [-0.1, -0.05) is 105 Å². The molecule has 3 aromatic rings. The molecular formula is C32H38N3O5. The number of carbonyl (C=O) groups is 2. The lowest BCUT2D eigenvalue weighted by atomic mass is 10.0. The number of aliphatic hydroxyl groups is 1. The predicted molar refractivity (Wildman–Crippen MR) is 154 cm³/mol. The van der Waals surface area contributed by atoms with Crippen LogP contribution in [0, 0.1) is 5.92 Å². The fourth-order valence-electron chi connectivity index (χ4n) is 4.29. The van der Waals surface area contributed by atoms with Crippen molar-refractivity contribution in [2.45, 2.75) is 58.0 Å². The van der Waals surface area contributed by atoms with E-state index in [1.165, 1.54) is 4.90 Å².